The van der Waals surface area contributed by atoms with Crippen molar-refractivity contribution in [3.05, 3.63) is 12.2 Å². The average Bonchev–Trinajstić information content (AvgIpc) is 2.81. The molecule has 1 fully saturated rings. The molecule has 1 amide bonds. The normalized spacial score (nSPS) is 27.3. The molecule has 4 heteroatoms. The summed E-state index contributed by atoms with van der Waals surface area (Å²) < 4.78 is 5.31. The molecule has 1 heterocycles. The van der Waals surface area contributed by atoms with Crippen LogP contribution in [0.4, 0.5) is 0 Å². The summed E-state index contributed by atoms with van der Waals surface area (Å²) in [5.41, 5.74) is 0. The van der Waals surface area contributed by atoms with E-state index < -0.39 is 0 Å². The van der Waals surface area contributed by atoms with Gasteiger partial charge in [-0.2, -0.15) is 0 Å². The fourth-order valence-corrected chi connectivity index (χ4v) is 2.11. The number of morpholine rings is 1. The Kier molecular flexibility index (Phi) is 3.38. The van der Waals surface area contributed by atoms with E-state index in [0.29, 0.717) is 19.7 Å². The maximum Gasteiger partial charge on any atom is 0.226 e. The van der Waals surface area contributed by atoms with Crippen LogP contribution < -0.4 is 0 Å². The number of hydrogen-bond acceptors (Lipinski definition) is 3. The van der Waals surface area contributed by atoms with Crippen LogP contribution in [0.3, 0.4) is 0 Å². The van der Waals surface area contributed by atoms with Crippen molar-refractivity contribution in [1.82, 2.24) is 4.90 Å². The largest absolute Gasteiger partial charge is 0.394 e. The Balaban J connectivity index is 1.89. The van der Waals surface area contributed by atoms with Crippen molar-refractivity contribution in [3.63, 3.8) is 0 Å². The number of amides is 1. The number of ether oxygens (including phenoxy) is 1. The van der Waals surface area contributed by atoms with Gasteiger partial charge < -0.3 is 14.7 Å². The molecule has 15 heavy (non-hydrogen) atoms. The summed E-state index contributed by atoms with van der Waals surface area (Å²) in [4.78, 5) is 13.8. The van der Waals surface area contributed by atoms with Crippen LogP contribution in [0.5, 0.6) is 0 Å². The lowest BCUT2D eigenvalue weighted by Crippen LogP contribution is -2.48. The van der Waals surface area contributed by atoms with Crippen LogP contribution in [-0.4, -0.2) is 48.3 Å². The molecule has 0 radical (unpaired) electrons. The van der Waals surface area contributed by atoms with E-state index in [4.69, 9.17) is 9.84 Å². The summed E-state index contributed by atoms with van der Waals surface area (Å²) in [6.45, 7) is 1.72. The van der Waals surface area contributed by atoms with Crippen LogP contribution >= 0.6 is 0 Å². The maximum absolute atomic E-state index is 12.0. The second-order valence-corrected chi connectivity index (χ2v) is 4.10. The molecule has 84 valence electrons. The number of carbonyl (C=O) groups excluding carboxylic acids is 1. The number of aliphatic hydroxyl groups is 1. The molecule has 0 spiro atoms. The standard InChI is InChI=1S/C11H17NO3/c13-8-10-7-12(5-6-15-10)11(14)9-3-1-2-4-9/h1-2,9-10,13H,3-8H2. The van der Waals surface area contributed by atoms with Gasteiger partial charge in [-0.05, 0) is 12.8 Å². The van der Waals surface area contributed by atoms with Gasteiger partial charge in [-0.25, -0.2) is 0 Å². The zero-order chi connectivity index (χ0) is 10.7. The second kappa shape index (κ2) is 4.77. The molecule has 0 bridgehead atoms. The number of hydrogen-bond donors (Lipinski definition) is 1. The Labute approximate surface area is 89.5 Å². The Hall–Kier alpha value is -0.870. The monoisotopic (exact) mass is 211 g/mol. The fraction of sp³-hybridized carbons (Fsp3) is 0.727. The molecule has 1 N–H and O–H groups in total. The van der Waals surface area contributed by atoms with Crippen LogP contribution in [0.1, 0.15) is 12.8 Å². The Bertz CT molecular complexity index is 257. The van der Waals surface area contributed by atoms with Crippen molar-refractivity contribution < 1.29 is 14.6 Å². The quantitative estimate of drug-likeness (QED) is 0.662. The summed E-state index contributed by atoms with van der Waals surface area (Å²) in [5, 5.41) is 8.98. The minimum absolute atomic E-state index is 0.00725. The van der Waals surface area contributed by atoms with Crippen molar-refractivity contribution in [3.8, 4) is 0 Å². The van der Waals surface area contributed by atoms with Gasteiger partial charge in [0.25, 0.3) is 0 Å². The van der Waals surface area contributed by atoms with E-state index in [1.165, 1.54) is 0 Å². The zero-order valence-corrected chi connectivity index (χ0v) is 8.76. The predicted molar refractivity (Wildman–Crippen MR) is 55.3 cm³/mol. The predicted octanol–water partition coefficient (Wildman–Crippen LogP) is 0.172. The summed E-state index contributed by atoms with van der Waals surface area (Å²) in [7, 11) is 0. The summed E-state index contributed by atoms with van der Waals surface area (Å²) in [6, 6.07) is 0. The Morgan fingerprint density at radius 1 is 1.47 bits per heavy atom. The molecule has 0 aromatic carbocycles. The molecule has 0 aromatic heterocycles. The first kappa shape index (κ1) is 10.6. The van der Waals surface area contributed by atoms with Crippen molar-refractivity contribution in [1.29, 1.82) is 0 Å². The van der Waals surface area contributed by atoms with E-state index >= 15 is 0 Å². The first-order chi connectivity index (χ1) is 7.31. The van der Waals surface area contributed by atoms with Crippen molar-refractivity contribution >= 4 is 5.91 Å². The van der Waals surface area contributed by atoms with E-state index in [1.807, 2.05) is 4.90 Å². The molecule has 2 aliphatic rings. The summed E-state index contributed by atoms with van der Waals surface area (Å²) >= 11 is 0. The van der Waals surface area contributed by atoms with Gasteiger partial charge in [0.05, 0.1) is 19.3 Å². The third-order valence-electron chi connectivity index (χ3n) is 3.01. The molecule has 1 atom stereocenters. The van der Waals surface area contributed by atoms with E-state index in [2.05, 4.69) is 12.2 Å². The summed E-state index contributed by atoms with van der Waals surface area (Å²) in [5.74, 6) is 0.337. The number of rotatable bonds is 2. The van der Waals surface area contributed by atoms with Crippen LogP contribution in [0.2, 0.25) is 0 Å². The van der Waals surface area contributed by atoms with E-state index in [9.17, 15) is 4.79 Å². The molecular weight excluding hydrogens is 194 g/mol. The molecule has 1 saturated heterocycles. The third-order valence-corrected chi connectivity index (χ3v) is 3.01. The average molecular weight is 211 g/mol. The molecule has 4 nitrogen and oxygen atoms in total. The van der Waals surface area contributed by atoms with Gasteiger partial charge in [0, 0.05) is 19.0 Å². The van der Waals surface area contributed by atoms with E-state index in [1.54, 1.807) is 0 Å². The van der Waals surface area contributed by atoms with Gasteiger partial charge >= 0.3 is 0 Å². The van der Waals surface area contributed by atoms with E-state index in [-0.39, 0.29) is 24.5 Å². The number of allylic oxidation sites excluding steroid dienone is 2. The molecule has 0 saturated carbocycles. The smallest absolute Gasteiger partial charge is 0.226 e. The van der Waals surface area contributed by atoms with Gasteiger partial charge in [-0.1, -0.05) is 12.2 Å². The van der Waals surface area contributed by atoms with Crippen molar-refractivity contribution in [2.75, 3.05) is 26.3 Å². The van der Waals surface area contributed by atoms with Crippen molar-refractivity contribution in [2.24, 2.45) is 5.92 Å². The third kappa shape index (κ3) is 2.38. The van der Waals surface area contributed by atoms with E-state index in [0.717, 1.165) is 12.8 Å². The highest BCUT2D eigenvalue weighted by atomic mass is 16.5. The van der Waals surface area contributed by atoms with Crippen LogP contribution in [-0.2, 0) is 9.53 Å². The highest BCUT2D eigenvalue weighted by Gasteiger charge is 2.29. The van der Waals surface area contributed by atoms with Gasteiger partial charge in [-0.15, -0.1) is 0 Å². The lowest BCUT2D eigenvalue weighted by Gasteiger charge is -2.33. The molecule has 0 aromatic rings. The fourth-order valence-electron chi connectivity index (χ4n) is 2.11. The first-order valence-electron chi connectivity index (χ1n) is 5.47. The maximum atomic E-state index is 12.0. The second-order valence-electron chi connectivity index (χ2n) is 4.10. The van der Waals surface area contributed by atoms with Gasteiger partial charge in [0.2, 0.25) is 5.91 Å². The van der Waals surface area contributed by atoms with Crippen LogP contribution in [0.15, 0.2) is 12.2 Å². The van der Waals surface area contributed by atoms with Crippen LogP contribution in [0, 0.1) is 5.92 Å². The van der Waals surface area contributed by atoms with Crippen LogP contribution in [0.25, 0.3) is 0 Å². The minimum atomic E-state index is -0.197. The summed E-state index contributed by atoms with van der Waals surface area (Å²) in [6.07, 6.45) is 5.65. The molecular formula is C11H17NO3. The lowest BCUT2D eigenvalue weighted by molar-refractivity contribution is -0.144. The molecule has 1 unspecified atom stereocenters. The first-order valence-corrected chi connectivity index (χ1v) is 5.47. The van der Waals surface area contributed by atoms with Gasteiger partial charge in [-0.3, -0.25) is 4.79 Å². The van der Waals surface area contributed by atoms with Gasteiger partial charge in [0.15, 0.2) is 0 Å². The SMILES string of the molecule is O=C(C1CC=CC1)N1CCOC(CO)C1. The number of aliphatic hydroxyl groups excluding tert-OH is 1. The molecule has 2 rings (SSSR count). The molecule has 1 aliphatic heterocycles. The highest BCUT2D eigenvalue weighted by Crippen LogP contribution is 2.21. The van der Waals surface area contributed by atoms with Gasteiger partial charge in [0.1, 0.15) is 0 Å². The Morgan fingerprint density at radius 2 is 2.20 bits per heavy atom. The zero-order valence-electron chi connectivity index (χ0n) is 8.76. The Morgan fingerprint density at radius 3 is 2.87 bits per heavy atom. The lowest BCUT2D eigenvalue weighted by atomic mass is 10.1. The number of nitrogens with zero attached hydrogens (tertiary/aromatic N) is 1. The van der Waals surface area contributed by atoms with Crippen molar-refractivity contribution in [2.45, 2.75) is 18.9 Å². The molecule has 1 aliphatic carbocycles. The highest BCUT2D eigenvalue weighted by molar-refractivity contribution is 5.79. The topological polar surface area (TPSA) is 49.8 Å². The minimum Gasteiger partial charge on any atom is -0.394 e. The number of carbonyl (C=O) groups is 1.